The van der Waals surface area contributed by atoms with Gasteiger partial charge in [-0.2, -0.15) is 4.31 Å². The first-order chi connectivity index (χ1) is 12.9. The van der Waals surface area contributed by atoms with Crippen LogP contribution < -0.4 is 5.32 Å². The Morgan fingerprint density at radius 1 is 1.19 bits per heavy atom. The molecule has 0 spiro atoms. The van der Waals surface area contributed by atoms with Crippen LogP contribution in [0, 0.1) is 5.92 Å². The Morgan fingerprint density at radius 2 is 1.85 bits per heavy atom. The molecule has 1 fully saturated rings. The van der Waals surface area contributed by atoms with E-state index in [1.54, 1.807) is 0 Å². The third kappa shape index (κ3) is 4.40. The fourth-order valence-electron chi connectivity index (χ4n) is 3.03. The SMILES string of the molecule is O=C(O)c1ccc(S(=O)(=O)N2CCC(C(=O)NCCn3cccc3)CC2)o1. The maximum absolute atomic E-state index is 12.5. The summed E-state index contributed by atoms with van der Waals surface area (Å²) in [7, 11) is -3.90. The largest absolute Gasteiger partial charge is 0.475 e. The number of carbonyl (C=O) groups is 2. The first kappa shape index (κ1) is 19.2. The van der Waals surface area contributed by atoms with E-state index in [4.69, 9.17) is 9.52 Å². The number of nitrogens with zero attached hydrogens (tertiary/aromatic N) is 2. The van der Waals surface area contributed by atoms with Gasteiger partial charge in [-0.05, 0) is 37.1 Å². The second-order valence-electron chi connectivity index (χ2n) is 6.31. The molecule has 0 radical (unpaired) electrons. The van der Waals surface area contributed by atoms with Crippen LogP contribution in [0.5, 0.6) is 0 Å². The lowest BCUT2D eigenvalue weighted by Crippen LogP contribution is -2.43. The van der Waals surface area contributed by atoms with Gasteiger partial charge in [-0.3, -0.25) is 4.79 Å². The summed E-state index contributed by atoms with van der Waals surface area (Å²) in [4.78, 5) is 23.1. The minimum Gasteiger partial charge on any atom is -0.475 e. The molecule has 0 saturated carbocycles. The summed E-state index contributed by atoms with van der Waals surface area (Å²) in [6, 6.07) is 6.08. The summed E-state index contributed by atoms with van der Waals surface area (Å²) in [6.45, 7) is 1.55. The van der Waals surface area contributed by atoms with Gasteiger partial charge >= 0.3 is 5.97 Å². The average molecular weight is 395 g/mol. The highest BCUT2D eigenvalue weighted by Crippen LogP contribution is 2.25. The molecule has 3 heterocycles. The molecule has 1 aliphatic heterocycles. The van der Waals surface area contributed by atoms with Crippen molar-refractivity contribution in [2.24, 2.45) is 5.92 Å². The molecule has 1 amide bonds. The molecule has 2 aromatic heterocycles. The molecule has 0 bridgehead atoms. The number of piperidine rings is 1. The van der Waals surface area contributed by atoms with Gasteiger partial charge in [0.1, 0.15) is 0 Å². The van der Waals surface area contributed by atoms with E-state index in [0.717, 1.165) is 12.1 Å². The molecule has 0 atom stereocenters. The van der Waals surface area contributed by atoms with Crippen LogP contribution in [0.2, 0.25) is 0 Å². The molecule has 27 heavy (non-hydrogen) atoms. The van der Waals surface area contributed by atoms with Crippen molar-refractivity contribution >= 4 is 21.9 Å². The maximum atomic E-state index is 12.5. The molecule has 1 saturated heterocycles. The fourth-order valence-corrected chi connectivity index (χ4v) is 4.41. The van der Waals surface area contributed by atoms with E-state index in [1.165, 1.54) is 4.31 Å². The molecule has 10 heteroatoms. The van der Waals surface area contributed by atoms with Crippen LogP contribution >= 0.6 is 0 Å². The van der Waals surface area contributed by atoms with Crippen LogP contribution in [0.25, 0.3) is 0 Å². The highest BCUT2D eigenvalue weighted by Gasteiger charge is 2.34. The van der Waals surface area contributed by atoms with Gasteiger partial charge in [0.2, 0.25) is 16.8 Å². The number of hydrogen-bond donors (Lipinski definition) is 2. The number of carboxylic acids is 1. The zero-order valence-corrected chi connectivity index (χ0v) is 15.4. The first-order valence-electron chi connectivity index (χ1n) is 8.59. The van der Waals surface area contributed by atoms with E-state index >= 15 is 0 Å². The average Bonchev–Trinajstić information content (AvgIpc) is 3.34. The summed E-state index contributed by atoms with van der Waals surface area (Å²) in [6.07, 6.45) is 4.64. The lowest BCUT2D eigenvalue weighted by molar-refractivity contribution is -0.126. The molecule has 0 aliphatic carbocycles. The van der Waals surface area contributed by atoms with Gasteiger partial charge in [0.15, 0.2) is 0 Å². The van der Waals surface area contributed by atoms with Crippen LogP contribution in [0.1, 0.15) is 23.4 Å². The molecule has 9 nitrogen and oxygen atoms in total. The minimum atomic E-state index is -3.90. The molecular weight excluding hydrogens is 374 g/mol. The topological polar surface area (TPSA) is 122 Å². The number of rotatable bonds is 7. The van der Waals surface area contributed by atoms with Gasteiger partial charge in [-0.1, -0.05) is 0 Å². The molecule has 3 rings (SSSR count). The van der Waals surface area contributed by atoms with E-state index in [2.05, 4.69) is 5.32 Å². The standard InChI is InChI=1S/C17H21N3O6S/c21-16(18-7-12-19-8-1-2-9-19)13-5-10-20(11-6-13)27(24,25)15-4-3-14(26-15)17(22)23/h1-4,8-9,13H,5-7,10-12H2,(H,18,21)(H,22,23). The number of nitrogens with one attached hydrogen (secondary N) is 1. The van der Waals surface area contributed by atoms with Gasteiger partial charge in [0.25, 0.3) is 10.0 Å². The third-order valence-corrected chi connectivity index (χ3v) is 6.32. The zero-order valence-electron chi connectivity index (χ0n) is 14.6. The molecule has 146 valence electrons. The van der Waals surface area contributed by atoms with Gasteiger partial charge in [-0.25, -0.2) is 13.2 Å². The minimum absolute atomic E-state index is 0.0784. The number of amides is 1. The van der Waals surface area contributed by atoms with Gasteiger partial charge in [-0.15, -0.1) is 0 Å². The lowest BCUT2D eigenvalue weighted by Gasteiger charge is -2.29. The summed E-state index contributed by atoms with van der Waals surface area (Å²) in [5.41, 5.74) is 0. The Kier molecular flexibility index (Phi) is 5.66. The Bertz CT molecular complexity index is 895. The Hall–Kier alpha value is -2.59. The van der Waals surface area contributed by atoms with Crippen molar-refractivity contribution in [3.05, 3.63) is 42.4 Å². The molecule has 1 aliphatic rings. The van der Waals surface area contributed by atoms with E-state index in [-0.39, 0.29) is 24.9 Å². The molecule has 2 N–H and O–H groups in total. The first-order valence-corrected chi connectivity index (χ1v) is 10.0. The van der Waals surface area contributed by atoms with Crippen molar-refractivity contribution in [2.75, 3.05) is 19.6 Å². The number of furan rings is 1. The molecule has 0 aromatic carbocycles. The molecular formula is C17H21N3O6S. The van der Waals surface area contributed by atoms with Crippen LogP contribution in [0.3, 0.4) is 0 Å². The summed E-state index contributed by atoms with van der Waals surface area (Å²) >= 11 is 0. The van der Waals surface area contributed by atoms with E-state index in [9.17, 15) is 18.0 Å². The fraction of sp³-hybridized carbons (Fsp3) is 0.412. The van der Waals surface area contributed by atoms with Crippen molar-refractivity contribution in [1.82, 2.24) is 14.2 Å². The van der Waals surface area contributed by atoms with Crippen molar-refractivity contribution in [3.8, 4) is 0 Å². The second kappa shape index (κ2) is 7.97. The van der Waals surface area contributed by atoms with Crippen molar-refractivity contribution in [2.45, 2.75) is 24.5 Å². The number of aromatic carboxylic acids is 1. The number of hydrogen-bond acceptors (Lipinski definition) is 5. The predicted molar refractivity (Wildman–Crippen MR) is 94.6 cm³/mol. The summed E-state index contributed by atoms with van der Waals surface area (Å²) < 4.78 is 33.2. The number of carbonyl (C=O) groups excluding carboxylic acids is 1. The van der Waals surface area contributed by atoms with Gasteiger partial charge in [0.05, 0.1) is 0 Å². The normalized spacial score (nSPS) is 16.3. The molecule has 2 aromatic rings. The van der Waals surface area contributed by atoms with Crippen molar-refractivity contribution in [1.29, 1.82) is 0 Å². The maximum Gasteiger partial charge on any atom is 0.371 e. The van der Waals surface area contributed by atoms with Gasteiger partial charge < -0.3 is 19.4 Å². The lowest BCUT2D eigenvalue weighted by atomic mass is 9.97. The summed E-state index contributed by atoms with van der Waals surface area (Å²) in [5, 5.41) is 11.3. The zero-order chi connectivity index (χ0) is 19.4. The second-order valence-corrected chi connectivity index (χ2v) is 8.18. The van der Waals surface area contributed by atoms with Crippen molar-refractivity contribution in [3.63, 3.8) is 0 Å². The molecule has 0 unspecified atom stereocenters. The van der Waals surface area contributed by atoms with Crippen LogP contribution in [0.15, 0.2) is 46.2 Å². The highest BCUT2D eigenvalue weighted by atomic mass is 32.2. The van der Waals surface area contributed by atoms with Gasteiger partial charge in [0, 0.05) is 44.5 Å². The summed E-state index contributed by atoms with van der Waals surface area (Å²) in [5.74, 6) is -2.07. The van der Waals surface area contributed by atoms with Crippen molar-refractivity contribution < 1.29 is 27.5 Å². The van der Waals surface area contributed by atoms with E-state index in [1.807, 2.05) is 29.1 Å². The van der Waals surface area contributed by atoms with Crippen LogP contribution in [-0.4, -0.2) is 53.9 Å². The predicted octanol–water partition coefficient (Wildman–Crippen LogP) is 0.996. The number of carboxylic acid groups (broad SMARTS) is 1. The third-order valence-electron chi connectivity index (χ3n) is 4.55. The van der Waals surface area contributed by atoms with E-state index in [0.29, 0.717) is 25.9 Å². The van der Waals surface area contributed by atoms with E-state index < -0.39 is 26.8 Å². The van der Waals surface area contributed by atoms with Crippen LogP contribution in [0.4, 0.5) is 0 Å². The quantitative estimate of drug-likeness (QED) is 0.721. The number of sulfonamides is 1. The number of aromatic nitrogens is 1. The smallest absolute Gasteiger partial charge is 0.371 e. The Labute approximate surface area is 156 Å². The highest BCUT2D eigenvalue weighted by molar-refractivity contribution is 7.89. The monoisotopic (exact) mass is 395 g/mol. The van der Waals surface area contributed by atoms with Crippen LogP contribution in [-0.2, 0) is 21.4 Å². The Balaban J connectivity index is 1.51. The Morgan fingerprint density at radius 3 is 2.44 bits per heavy atom.